The summed E-state index contributed by atoms with van der Waals surface area (Å²) in [4.78, 5) is 2.52. The van der Waals surface area contributed by atoms with Gasteiger partial charge >= 0.3 is 0 Å². The van der Waals surface area contributed by atoms with Crippen LogP contribution in [0.5, 0.6) is 5.75 Å². The minimum Gasteiger partial charge on any atom is -0.493 e. The number of rotatable bonds is 5. The third-order valence-corrected chi connectivity index (χ3v) is 5.14. The van der Waals surface area contributed by atoms with E-state index in [-0.39, 0.29) is 11.9 Å². The number of fused-ring (bicyclic) bond motifs is 2. The first-order valence-corrected chi connectivity index (χ1v) is 9.25. The lowest BCUT2D eigenvalue weighted by Gasteiger charge is -2.45. The largest absolute Gasteiger partial charge is 0.493 e. The molecule has 0 aromatic heterocycles. The van der Waals surface area contributed by atoms with Gasteiger partial charge in [-0.1, -0.05) is 36.4 Å². The van der Waals surface area contributed by atoms with E-state index < -0.39 is 0 Å². The summed E-state index contributed by atoms with van der Waals surface area (Å²) in [6.45, 7) is 4.79. The molecule has 0 saturated carbocycles. The number of hydrogen-bond donors (Lipinski definition) is 0. The molecule has 26 heavy (non-hydrogen) atoms. The van der Waals surface area contributed by atoms with Gasteiger partial charge in [0.15, 0.2) is 0 Å². The average molecular weight is 353 g/mol. The Labute approximate surface area is 154 Å². The number of ether oxygens (including phenoxy) is 2. The first-order valence-electron chi connectivity index (χ1n) is 9.25. The van der Waals surface area contributed by atoms with Crippen molar-refractivity contribution in [3.63, 3.8) is 0 Å². The molecule has 3 nitrogen and oxygen atoms in total. The molecular formula is C22H24FNO2. The van der Waals surface area contributed by atoms with Crippen molar-refractivity contribution in [2.24, 2.45) is 0 Å². The molecule has 0 radical (unpaired) electrons. The smallest absolute Gasteiger partial charge is 0.129 e. The molecule has 0 aliphatic carbocycles. The number of hydrogen-bond acceptors (Lipinski definition) is 3. The first-order chi connectivity index (χ1) is 12.7. The van der Waals surface area contributed by atoms with Crippen molar-refractivity contribution in [1.29, 1.82) is 0 Å². The molecule has 2 aliphatic rings. The Morgan fingerprint density at radius 3 is 2.77 bits per heavy atom. The van der Waals surface area contributed by atoms with Gasteiger partial charge in [0.2, 0.25) is 0 Å². The Morgan fingerprint density at radius 1 is 1.15 bits per heavy atom. The molecule has 2 unspecified atom stereocenters. The highest BCUT2D eigenvalue weighted by Gasteiger charge is 2.35. The lowest BCUT2D eigenvalue weighted by molar-refractivity contribution is -0.0403. The van der Waals surface area contributed by atoms with Crippen LogP contribution in [0.2, 0.25) is 0 Å². The van der Waals surface area contributed by atoms with Gasteiger partial charge in [-0.25, -0.2) is 4.39 Å². The van der Waals surface area contributed by atoms with E-state index >= 15 is 0 Å². The summed E-state index contributed by atoms with van der Waals surface area (Å²) in [5.41, 5.74) is 3.55. The molecule has 2 atom stereocenters. The topological polar surface area (TPSA) is 21.7 Å². The van der Waals surface area contributed by atoms with E-state index in [4.69, 9.17) is 9.47 Å². The van der Waals surface area contributed by atoms with Gasteiger partial charge in [-0.3, -0.25) is 4.90 Å². The summed E-state index contributed by atoms with van der Waals surface area (Å²) >= 11 is 0. The summed E-state index contributed by atoms with van der Waals surface area (Å²) in [7, 11) is 0. The average Bonchev–Trinajstić information content (AvgIpc) is 2.63. The van der Waals surface area contributed by atoms with Crippen molar-refractivity contribution >= 4 is 5.57 Å². The Bertz CT molecular complexity index is 790. The minimum atomic E-state index is -0.261. The first kappa shape index (κ1) is 17.3. The highest BCUT2D eigenvalue weighted by molar-refractivity contribution is 5.72. The molecule has 2 aliphatic heterocycles. The molecule has 2 aromatic carbocycles. The Morgan fingerprint density at radius 2 is 2.00 bits per heavy atom. The zero-order valence-electron chi connectivity index (χ0n) is 15.0. The lowest BCUT2D eigenvalue weighted by Crippen LogP contribution is -2.53. The normalized spacial score (nSPS) is 22.8. The van der Waals surface area contributed by atoms with Gasteiger partial charge in [-0.05, 0) is 36.6 Å². The van der Waals surface area contributed by atoms with Gasteiger partial charge in [-0.2, -0.15) is 0 Å². The van der Waals surface area contributed by atoms with Crippen molar-refractivity contribution < 1.29 is 13.9 Å². The Hall–Kier alpha value is -2.17. The van der Waals surface area contributed by atoms with E-state index in [2.05, 4.69) is 35.2 Å². The predicted molar refractivity (Wildman–Crippen MR) is 101 cm³/mol. The molecule has 2 aromatic rings. The maximum absolute atomic E-state index is 13.6. The number of halogens is 1. The van der Waals surface area contributed by atoms with Gasteiger partial charge in [0.05, 0.1) is 25.9 Å². The summed E-state index contributed by atoms with van der Waals surface area (Å²) in [6, 6.07) is 16.0. The predicted octanol–water partition coefficient (Wildman–Crippen LogP) is 4.28. The highest BCUT2D eigenvalue weighted by atomic mass is 19.1. The van der Waals surface area contributed by atoms with E-state index in [1.54, 1.807) is 0 Å². The second-order valence-corrected chi connectivity index (χ2v) is 6.89. The molecule has 0 spiro atoms. The van der Waals surface area contributed by atoms with Crippen LogP contribution in [0, 0.1) is 5.82 Å². The van der Waals surface area contributed by atoms with Gasteiger partial charge in [-0.15, -0.1) is 0 Å². The maximum atomic E-state index is 13.6. The van der Waals surface area contributed by atoms with Gasteiger partial charge in [0.25, 0.3) is 0 Å². The molecule has 1 fully saturated rings. The minimum absolute atomic E-state index is 0.234. The third-order valence-electron chi connectivity index (χ3n) is 5.14. The molecular weight excluding hydrogens is 329 g/mol. The van der Waals surface area contributed by atoms with Crippen molar-refractivity contribution in [1.82, 2.24) is 4.90 Å². The van der Waals surface area contributed by atoms with Crippen molar-refractivity contribution in [2.75, 3.05) is 19.8 Å². The molecule has 0 amide bonds. The second kappa shape index (κ2) is 7.60. The van der Waals surface area contributed by atoms with Gasteiger partial charge in [0, 0.05) is 24.2 Å². The quantitative estimate of drug-likeness (QED) is 0.801. The fourth-order valence-electron chi connectivity index (χ4n) is 3.94. The number of nitrogens with zero attached hydrogens (tertiary/aromatic N) is 1. The van der Waals surface area contributed by atoms with Crippen LogP contribution in [0.3, 0.4) is 0 Å². The molecule has 4 heteroatoms. The zero-order valence-corrected chi connectivity index (χ0v) is 15.0. The van der Waals surface area contributed by atoms with Crippen LogP contribution < -0.4 is 4.74 Å². The van der Waals surface area contributed by atoms with Gasteiger partial charge in [0.1, 0.15) is 11.6 Å². The molecule has 1 saturated heterocycles. The van der Waals surface area contributed by atoms with E-state index in [1.807, 2.05) is 19.1 Å². The maximum Gasteiger partial charge on any atom is 0.129 e. The SMILES string of the molecule is CCOc1cc(F)ccc1C1=CC2COCC(C1)N2Cc1ccccc1. The fourth-order valence-corrected chi connectivity index (χ4v) is 3.94. The summed E-state index contributed by atoms with van der Waals surface area (Å²) in [6.07, 6.45) is 3.16. The summed E-state index contributed by atoms with van der Waals surface area (Å²) in [5.74, 6) is 0.372. The van der Waals surface area contributed by atoms with Crippen molar-refractivity contribution in [3.05, 3.63) is 71.6 Å². The zero-order chi connectivity index (χ0) is 17.9. The molecule has 4 rings (SSSR count). The summed E-state index contributed by atoms with van der Waals surface area (Å²) < 4.78 is 25.1. The van der Waals surface area contributed by atoms with E-state index in [0.717, 1.165) is 25.1 Å². The molecule has 0 N–H and O–H groups in total. The lowest BCUT2D eigenvalue weighted by atomic mass is 9.89. The van der Waals surface area contributed by atoms with Crippen LogP contribution >= 0.6 is 0 Å². The Balaban J connectivity index is 1.63. The third kappa shape index (κ3) is 3.53. The van der Waals surface area contributed by atoms with Crippen LogP contribution in [-0.4, -0.2) is 36.8 Å². The van der Waals surface area contributed by atoms with Gasteiger partial charge < -0.3 is 9.47 Å². The van der Waals surface area contributed by atoms with E-state index in [0.29, 0.717) is 25.0 Å². The fraction of sp³-hybridized carbons (Fsp3) is 0.364. The van der Waals surface area contributed by atoms with E-state index in [1.165, 1.54) is 23.3 Å². The van der Waals surface area contributed by atoms with E-state index in [9.17, 15) is 4.39 Å². The second-order valence-electron chi connectivity index (χ2n) is 6.89. The van der Waals surface area contributed by atoms with Crippen LogP contribution in [0.1, 0.15) is 24.5 Å². The van der Waals surface area contributed by atoms with Crippen LogP contribution in [0.4, 0.5) is 4.39 Å². The highest BCUT2D eigenvalue weighted by Crippen LogP contribution is 2.37. The molecule has 2 bridgehead atoms. The molecule has 2 heterocycles. The van der Waals surface area contributed by atoms with Crippen LogP contribution in [0.15, 0.2) is 54.6 Å². The number of benzene rings is 2. The molecule has 136 valence electrons. The number of morpholine rings is 1. The standard InChI is InChI=1S/C22H24FNO2/c1-2-26-22-12-18(23)8-9-21(22)17-10-19-14-25-15-20(11-17)24(19)13-16-6-4-3-5-7-16/h3-10,12,19-20H,2,11,13-15H2,1H3. The Kier molecular flexibility index (Phi) is 5.05. The monoisotopic (exact) mass is 353 g/mol. The van der Waals surface area contributed by atoms with Crippen LogP contribution in [-0.2, 0) is 11.3 Å². The summed E-state index contributed by atoms with van der Waals surface area (Å²) in [5, 5.41) is 0. The van der Waals surface area contributed by atoms with Crippen LogP contribution in [0.25, 0.3) is 5.57 Å². The van der Waals surface area contributed by atoms with Crippen molar-refractivity contribution in [2.45, 2.75) is 32.0 Å². The van der Waals surface area contributed by atoms with Crippen molar-refractivity contribution in [3.8, 4) is 5.75 Å².